The normalized spacial score (nSPS) is 25.1. The van der Waals surface area contributed by atoms with Gasteiger partial charge in [-0.15, -0.1) is 0 Å². The number of amides is 1. The molecule has 3 aliphatic rings. The molecular formula is C74H78FNO13. The molecule has 3 heterocycles. The fourth-order valence-corrected chi connectivity index (χ4v) is 11.4. The zero-order valence-electron chi connectivity index (χ0n) is 50.0. The van der Waals surface area contributed by atoms with Gasteiger partial charge in [-0.2, -0.15) is 0 Å². The predicted molar refractivity (Wildman–Crippen MR) is 332 cm³/mol. The first-order valence-corrected chi connectivity index (χ1v) is 30.6. The highest BCUT2D eigenvalue weighted by atomic mass is 19.1. The third kappa shape index (κ3) is 17.9. The summed E-state index contributed by atoms with van der Waals surface area (Å²) in [6.45, 7) is 2.70. The molecule has 3 aliphatic heterocycles. The van der Waals surface area contributed by atoms with Gasteiger partial charge in [0.2, 0.25) is 0 Å². The SMILES string of the molecule is C[C@H]1O[C@@H](O[C@H]2[C@H](OCc3ccccc3)[C@@H](OCc3ccccc3)[C@@H](O[C@H]3[C@@H](F)CN(C(=O)OCc4ccccc4)[C@H]3COCc3ccccc3)O[C@@H]2COCc2ccccc2)[C@H](OCc2ccccc2)[C@@H](OCc2ccccc2)[C@@H]1OCc1ccccc1. The van der Waals surface area contributed by atoms with Crippen molar-refractivity contribution in [3.63, 3.8) is 0 Å². The summed E-state index contributed by atoms with van der Waals surface area (Å²) in [5.74, 6) is 0. The molecule has 14 nitrogen and oxygen atoms in total. The maximum absolute atomic E-state index is 17.4. The molecule has 8 aromatic carbocycles. The standard InChI is InChI=1S/C74H78FNO13/c1-53-65(80-45-56-30-14-4-15-31-56)68(81-46-57-32-16-5-17-33-57)70(83-48-59-36-20-7-21-37-59)72(86-53)89-67-64(52-79-44-55-28-12-3-13-29-55)87-73(71(84-49-60-38-22-8-23-39-60)69(67)82-47-58-34-18-6-19-35-58)88-66-62(75)42-76(74(77)85-50-61-40-24-9-25-41-61)63(66)51-78-43-54-26-10-2-11-27-54/h2-41,53,62-73H,42-52H2,1H3/t53-,62+,63+,64-,65-,66+,67-,68+,69+,70-,71-,72+,73-/m1/s1. The molecule has 0 saturated carbocycles. The smallest absolute Gasteiger partial charge is 0.410 e. The topological polar surface area (TPSA) is 131 Å². The first-order chi connectivity index (χ1) is 43.9. The van der Waals surface area contributed by atoms with Crippen LogP contribution in [0, 0.1) is 0 Å². The van der Waals surface area contributed by atoms with E-state index in [4.69, 9.17) is 56.8 Å². The summed E-state index contributed by atoms with van der Waals surface area (Å²) in [5, 5.41) is 0. The molecular weight excluding hydrogens is 1130 g/mol. The first-order valence-electron chi connectivity index (χ1n) is 30.6. The average Bonchev–Trinajstić information content (AvgIpc) is 2.49. The molecule has 0 unspecified atom stereocenters. The zero-order valence-corrected chi connectivity index (χ0v) is 50.0. The molecule has 3 saturated heterocycles. The monoisotopic (exact) mass is 1210 g/mol. The van der Waals surface area contributed by atoms with Crippen LogP contribution in [0.5, 0.6) is 0 Å². The highest BCUT2D eigenvalue weighted by Gasteiger charge is 2.56. The third-order valence-electron chi connectivity index (χ3n) is 16.1. The molecule has 0 aromatic heterocycles. The molecule has 0 radical (unpaired) electrons. The van der Waals surface area contributed by atoms with Crippen LogP contribution in [-0.4, -0.2) is 110 Å². The molecule has 8 aromatic rings. The van der Waals surface area contributed by atoms with Gasteiger partial charge < -0.3 is 56.8 Å². The highest BCUT2D eigenvalue weighted by molar-refractivity contribution is 5.69. The number of rotatable bonds is 29. The number of benzene rings is 8. The summed E-state index contributed by atoms with van der Waals surface area (Å²) in [7, 11) is 0. The summed E-state index contributed by atoms with van der Waals surface area (Å²) in [4.78, 5) is 15.6. The van der Waals surface area contributed by atoms with Gasteiger partial charge in [-0.1, -0.05) is 243 Å². The van der Waals surface area contributed by atoms with Crippen molar-refractivity contribution in [1.29, 1.82) is 0 Å². The average molecular weight is 1210 g/mol. The van der Waals surface area contributed by atoms with E-state index in [2.05, 4.69) is 0 Å². The van der Waals surface area contributed by atoms with Crippen LogP contribution in [0.25, 0.3) is 0 Å². The molecule has 89 heavy (non-hydrogen) atoms. The van der Waals surface area contributed by atoms with Crippen LogP contribution in [0.3, 0.4) is 0 Å². The van der Waals surface area contributed by atoms with Crippen molar-refractivity contribution in [1.82, 2.24) is 4.90 Å². The molecule has 3 fully saturated rings. The lowest BCUT2D eigenvalue weighted by Crippen LogP contribution is -2.66. The van der Waals surface area contributed by atoms with Gasteiger partial charge in [0.1, 0.15) is 61.6 Å². The number of likely N-dealkylation sites (tertiary alicyclic amines) is 1. The van der Waals surface area contributed by atoms with Crippen LogP contribution in [0.4, 0.5) is 9.18 Å². The Labute approximate surface area is 521 Å². The van der Waals surface area contributed by atoms with E-state index in [0.717, 1.165) is 44.5 Å². The summed E-state index contributed by atoms with van der Waals surface area (Å²) in [6, 6.07) is 77.2. The highest BCUT2D eigenvalue weighted by Crippen LogP contribution is 2.39. The van der Waals surface area contributed by atoms with E-state index >= 15 is 4.39 Å². The van der Waals surface area contributed by atoms with Gasteiger partial charge in [0.15, 0.2) is 12.6 Å². The third-order valence-corrected chi connectivity index (χ3v) is 16.1. The largest absolute Gasteiger partial charge is 0.445 e. The predicted octanol–water partition coefficient (Wildman–Crippen LogP) is 12.9. The van der Waals surface area contributed by atoms with Crippen LogP contribution in [0.15, 0.2) is 243 Å². The second kappa shape index (κ2) is 32.8. The van der Waals surface area contributed by atoms with Gasteiger partial charge in [0.05, 0.1) is 78.2 Å². The van der Waals surface area contributed by atoms with Gasteiger partial charge in [-0.05, 0) is 51.4 Å². The number of alkyl halides is 1. The zero-order chi connectivity index (χ0) is 60.8. The Balaban J connectivity index is 0.972. The van der Waals surface area contributed by atoms with E-state index in [1.807, 2.05) is 250 Å². The van der Waals surface area contributed by atoms with Crippen molar-refractivity contribution in [3.05, 3.63) is 287 Å². The van der Waals surface area contributed by atoms with Gasteiger partial charge in [0.25, 0.3) is 0 Å². The molecule has 15 heteroatoms. The summed E-state index contributed by atoms with van der Waals surface area (Å²) < 4.78 is 101. The number of nitrogens with zero attached hydrogens (tertiary/aromatic N) is 1. The van der Waals surface area contributed by atoms with Crippen LogP contribution in [-0.2, 0) is 110 Å². The van der Waals surface area contributed by atoms with Gasteiger partial charge in [0, 0.05) is 0 Å². The lowest BCUT2D eigenvalue weighted by Gasteiger charge is -2.50. The van der Waals surface area contributed by atoms with E-state index in [0.29, 0.717) is 0 Å². The number of ether oxygens (including phenoxy) is 12. The van der Waals surface area contributed by atoms with E-state index < -0.39 is 85.8 Å². The van der Waals surface area contributed by atoms with Crippen LogP contribution >= 0.6 is 0 Å². The van der Waals surface area contributed by atoms with Crippen LogP contribution in [0.2, 0.25) is 0 Å². The van der Waals surface area contributed by atoms with E-state index in [9.17, 15) is 4.79 Å². The lowest BCUT2D eigenvalue weighted by molar-refractivity contribution is -0.378. The molecule has 0 N–H and O–H groups in total. The maximum atomic E-state index is 17.4. The minimum atomic E-state index is -1.72. The van der Waals surface area contributed by atoms with Crippen molar-refractivity contribution in [3.8, 4) is 0 Å². The lowest BCUT2D eigenvalue weighted by atomic mass is 9.96. The Morgan fingerprint density at radius 3 is 1.10 bits per heavy atom. The Bertz CT molecular complexity index is 3280. The maximum Gasteiger partial charge on any atom is 0.410 e. The molecule has 0 aliphatic carbocycles. The summed E-state index contributed by atoms with van der Waals surface area (Å²) in [6.07, 6.45) is -13.5. The van der Waals surface area contributed by atoms with Crippen LogP contribution < -0.4 is 0 Å². The number of hydrogen-bond donors (Lipinski definition) is 0. The molecule has 464 valence electrons. The van der Waals surface area contributed by atoms with Crippen molar-refractivity contribution in [2.75, 3.05) is 19.8 Å². The van der Waals surface area contributed by atoms with Crippen molar-refractivity contribution >= 4 is 6.09 Å². The summed E-state index contributed by atoms with van der Waals surface area (Å²) in [5.41, 5.74) is 7.19. The fourth-order valence-electron chi connectivity index (χ4n) is 11.4. The van der Waals surface area contributed by atoms with E-state index in [-0.39, 0.29) is 72.6 Å². The van der Waals surface area contributed by atoms with E-state index in [1.54, 1.807) is 0 Å². The van der Waals surface area contributed by atoms with Crippen molar-refractivity contribution in [2.45, 2.75) is 140 Å². The second-order valence-electron chi connectivity index (χ2n) is 22.5. The quantitative estimate of drug-likeness (QED) is 0.0441. The number of hydrogen-bond acceptors (Lipinski definition) is 13. The Kier molecular flexibility index (Phi) is 23.3. The number of carbonyl (C=O) groups is 1. The van der Waals surface area contributed by atoms with Crippen molar-refractivity contribution in [2.24, 2.45) is 0 Å². The Morgan fingerprint density at radius 1 is 0.382 bits per heavy atom. The van der Waals surface area contributed by atoms with Crippen molar-refractivity contribution < 1.29 is 66.0 Å². The number of halogens is 1. The molecule has 11 rings (SSSR count). The Hall–Kier alpha value is -7.48. The number of carbonyl (C=O) groups excluding carboxylic acids is 1. The van der Waals surface area contributed by atoms with Crippen LogP contribution in [0.1, 0.15) is 51.4 Å². The molecule has 0 spiro atoms. The van der Waals surface area contributed by atoms with Gasteiger partial charge in [-0.25, -0.2) is 9.18 Å². The molecule has 13 atom stereocenters. The van der Waals surface area contributed by atoms with Gasteiger partial charge in [-0.3, -0.25) is 4.90 Å². The Morgan fingerprint density at radius 2 is 0.697 bits per heavy atom. The van der Waals surface area contributed by atoms with E-state index in [1.165, 1.54) is 4.90 Å². The molecule has 1 amide bonds. The second-order valence-corrected chi connectivity index (χ2v) is 22.5. The fraction of sp³-hybridized carbons (Fsp3) is 0.338. The minimum absolute atomic E-state index is 0.0211. The molecule has 0 bridgehead atoms. The summed E-state index contributed by atoms with van der Waals surface area (Å²) >= 11 is 0. The first kappa shape index (κ1) is 63.1. The van der Waals surface area contributed by atoms with Gasteiger partial charge >= 0.3 is 6.09 Å². The minimum Gasteiger partial charge on any atom is -0.445 e.